The Balaban J connectivity index is 1.55. The summed E-state index contributed by atoms with van der Waals surface area (Å²) >= 11 is 0. The quantitative estimate of drug-likeness (QED) is 0.572. The second-order valence-corrected chi connectivity index (χ2v) is 9.02. The summed E-state index contributed by atoms with van der Waals surface area (Å²) in [6.45, 7) is 4.77. The van der Waals surface area contributed by atoms with Crippen LogP contribution < -0.4 is 5.73 Å². The second kappa shape index (κ2) is 9.73. The number of rotatable bonds is 6. The van der Waals surface area contributed by atoms with Crippen molar-refractivity contribution >= 4 is 6.09 Å². The molecule has 172 valence electrons. The van der Waals surface area contributed by atoms with Crippen molar-refractivity contribution in [3.05, 3.63) is 95.3 Å². The molecule has 33 heavy (non-hydrogen) atoms. The normalized spacial score (nSPS) is 18.9. The van der Waals surface area contributed by atoms with Crippen molar-refractivity contribution in [1.82, 2.24) is 9.80 Å². The summed E-state index contributed by atoms with van der Waals surface area (Å²) in [6.07, 6.45) is -0.237. The number of benzene rings is 3. The van der Waals surface area contributed by atoms with Crippen LogP contribution in [0.4, 0.5) is 9.18 Å². The largest absolute Gasteiger partial charge is 0.465 e. The third-order valence-electron chi connectivity index (χ3n) is 6.43. The van der Waals surface area contributed by atoms with Gasteiger partial charge in [-0.15, -0.1) is 0 Å². The van der Waals surface area contributed by atoms with Gasteiger partial charge in [0.05, 0.1) is 5.54 Å². The van der Waals surface area contributed by atoms with Crippen molar-refractivity contribution < 1.29 is 14.3 Å². The van der Waals surface area contributed by atoms with E-state index in [0.717, 1.165) is 22.3 Å². The minimum Gasteiger partial charge on any atom is -0.465 e. The van der Waals surface area contributed by atoms with Crippen LogP contribution >= 0.6 is 0 Å². The Labute approximate surface area is 194 Å². The van der Waals surface area contributed by atoms with Crippen LogP contribution in [0.15, 0.2) is 72.8 Å². The Hall–Kier alpha value is -3.22. The molecule has 6 heteroatoms. The summed E-state index contributed by atoms with van der Waals surface area (Å²) in [5.74, 6) is -0.269. The van der Waals surface area contributed by atoms with E-state index in [-0.39, 0.29) is 5.82 Å². The SMILES string of the molecule is C[C@]1(Cc2ccccc2)CN(Cc2cccc(-c3cc(CN)ccc3F)c2)CCN1C(=O)O. The van der Waals surface area contributed by atoms with E-state index in [1.54, 1.807) is 17.0 Å². The van der Waals surface area contributed by atoms with Crippen LogP contribution in [0.2, 0.25) is 0 Å². The van der Waals surface area contributed by atoms with Gasteiger partial charge in [0.2, 0.25) is 0 Å². The number of carbonyl (C=O) groups is 1. The fraction of sp³-hybridized carbons (Fsp3) is 0.296. The minimum absolute atomic E-state index is 0.269. The number of nitrogens with zero attached hydrogens (tertiary/aromatic N) is 2. The Morgan fingerprint density at radius 2 is 1.76 bits per heavy atom. The van der Waals surface area contributed by atoms with Gasteiger partial charge < -0.3 is 15.7 Å². The summed E-state index contributed by atoms with van der Waals surface area (Å²) in [4.78, 5) is 15.8. The number of carboxylic acid groups (broad SMARTS) is 1. The molecule has 3 aromatic carbocycles. The molecule has 0 bridgehead atoms. The van der Waals surface area contributed by atoms with Gasteiger partial charge in [-0.2, -0.15) is 0 Å². The lowest BCUT2D eigenvalue weighted by Gasteiger charge is -2.48. The average molecular weight is 448 g/mol. The smallest absolute Gasteiger partial charge is 0.407 e. The molecule has 1 saturated heterocycles. The van der Waals surface area contributed by atoms with E-state index in [4.69, 9.17) is 5.73 Å². The average Bonchev–Trinajstić information content (AvgIpc) is 2.80. The highest BCUT2D eigenvalue weighted by Gasteiger charge is 2.40. The van der Waals surface area contributed by atoms with Gasteiger partial charge in [0, 0.05) is 38.3 Å². The van der Waals surface area contributed by atoms with E-state index >= 15 is 0 Å². The number of piperazine rings is 1. The summed E-state index contributed by atoms with van der Waals surface area (Å²) < 4.78 is 14.5. The van der Waals surface area contributed by atoms with Crippen molar-refractivity contribution in [2.24, 2.45) is 5.73 Å². The van der Waals surface area contributed by atoms with Crippen LogP contribution in [0.5, 0.6) is 0 Å². The molecule has 1 aliphatic heterocycles. The van der Waals surface area contributed by atoms with Crippen LogP contribution in [0.3, 0.4) is 0 Å². The molecule has 5 nitrogen and oxygen atoms in total. The molecule has 0 unspecified atom stereocenters. The fourth-order valence-corrected chi connectivity index (χ4v) is 4.82. The molecule has 3 N–H and O–H groups in total. The highest BCUT2D eigenvalue weighted by Crippen LogP contribution is 2.29. The molecule has 4 rings (SSSR count). The third-order valence-corrected chi connectivity index (χ3v) is 6.43. The van der Waals surface area contributed by atoms with Crippen molar-refractivity contribution in [3.63, 3.8) is 0 Å². The molecular weight excluding hydrogens is 417 g/mol. The fourth-order valence-electron chi connectivity index (χ4n) is 4.82. The molecule has 0 saturated carbocycles. The lowest BCUT2D eigenvalue weighted by molar-refractivity contribution is 0.0131. The number of halogens is 1. The van der Waals surface area contributed by atoms with Gasteiger partial charge in [-0.05, 0) is 53.8 Å². The van der Waals surface area contributed by atoms with Crippen LogP contribution in [-0.4, -0.2) is 46.2 Å². The van der Waals surface area contributed by atoms with E-state index in [1.807, 2.05) is 61.5 Å². The second-order valence-electron chi connectivity index (χ2n) is 9.02. The van der Waals surface area contributed by atoms with Gasteiger partial charge >= 0.3 is 6.09 Å². The van der Waals surface area contributed by atoms with Gasteiger partial charge in [0.25, 0.3) is 0 Å². The van der Waals surface area contributed by atoms with Crippen LogP contribution in [0, 0.1) is 5.82 Å². The predicted molar refractivity (Wildman–Crippen MR) is 128 cm³/mol. The molecule has 1 atom stereocenters. The Bertz CT molecular complexity index is 1120. The standard InChI is InChI=1S/C27H30FN3O2/c1-27(16-20-6-3-2-4-7-20)19-30(12-13-31(27)26(32)33)18-22-8-5-9-23(14-22)24-15-21(17-29)10-11-25(24)28/h2-11,14-15H,12-13,16-19,29H2,1H3,(H,32,33)/t27-/m0/s1. The molecule has 3 aromatic rings. The van der Waals surface area contributed by atoms with Gasteiger partial charge in [0.15, 0.2) is 0 Å². The first-order valence-electron chi connectivity index (χ1n) is 11.2. The summed E-state index contributed by atoms with van der Waals surface area (Å²) in [7, 11) is 0. The number of nitrogens with two attached hydrogens (primary N) is 1. The monoisotopic (exact) mass is 447 g/mol. The molecule has 0 aliphatic carbocycles. The summed E-state index contributed by atoms with van der Waals surface area (Å²) in [6, 6.07) is 22.9. The maximum absolute atomic E-state index is 14.5. The summed E-state index contributed by atoms with van der Waals surface area (Å²) in [5, 5.41) is 9.82. The van der Waals surface area contributed by atoms with Crippen LogP contribution in [0.1, 0.15) is 23.6 Å². The topological polar surface area (TPSA) is 69.8 Å². The molecule has 1 heterocycles. The molecule has 1 fully saturated rings. The zero-order chi connectivity index (χ0) is 23.4. The lowest BCUT2D eigenvalue weighted by atomic mass is 9.88. The van der Waals surface area contributed by atoms with Crippen molar-refractivity contribution in [3.8, 4) is 11.1 Å². The van der Waals surface area contributed by atoms with Crippen molar-refractivity contribution in [2.75, 3.05) is 19.6 Å². The van der Waals surface area contributed by atoms with Crippen molar-refractivity contribution in [1.29, 1.82) is 0 Å². The molecule has 1 amide bonds. The molecule has 0 aromatic heterocycles. The van der Waals surface area contributed by atoms with E-state index in [9.17, 15) is 14.3 Å². The first-order valence-corrected chi connectivity index (χ1v) is 11.2. The van der Waals surface area contributed by atoms with E-state index < -0.39 is 11.6 Å². The lowest BCUT2D eigenvalue weighted by Crippen LogP contribution is -2.63. The van der Waals surface area contributed by atoms with E-state index in [2.05, 4.69) is 4.90 Å². The molecule has 0 radical (unpaired) electrons. The van der Waals surface area contributed by atoms with Gasteiger partial charge in [0.1, 0.15) is 5.82 Å². The number of hydrogen-bond donors (Lipinski definition) is 2. The number of hydrogen-bond acceptors (Lipinski definition) is 3. The van der Waals surface area contributed by atoms with E-state index in [0.29, 0.717) is 44.7 Å². The van der Waals surface area contributed by atoms with E-state index in [1.165, 1.54) is 6.07 Å². The zero-order valence-electron chi connectivity index (χ0n) is 18.9. The van der Waals surface area contributed by atoms with Gasteiger partial charge in [-0.1, -0.05) is 54.6 Å². The maximum atomic E-state index is 14.5. The molecule has 1 aliphatic rings. The first kappa shape index (κ1) is 23.0. The predicted octanol–water partition coefficient (Wildman–Crippen LogP) is 4.75. The number of amides is 1. The summed E-state index contributed by atoms with van der Waals surface area (Å²) in [5.41, 5.74) is 9.63. The van der Waals surface area contributed by atoms with Crippen LogP contribution in [0.25, 0.3) is 11.1 Å². The van der Waals surface area contributed by atoms with Gasteiger partial charge in [-0.25, -0.2) is 9.18 Å². The zero-order valence-corrected chi connectivity index (χ0v) is 18.9. The van der Waals surface area contributed by atoms with Gasteiger partial charge in [-0.3, -0.25) is 4.90 Å². The molecular formula is C27H30FN3O2. The third kappa shape index (κ3) is 5.24. The highest BCUT2D eigenvalue weighted by molar-refractivity contribution is 5.67. The van der Waals surface area contributed by atoms with Crippen LogP contribution in [-0.2, 0) is 19.5 Å². The first-order chi connectivity index (χ1) is 15.9. The van der Waals surface area contributed by atoms with Crippen molar-refractivity contribution in [2.45, 2.75) is 32.0 Å². The Morgan fingerprint density at radius 3 is 2.48 bits per heavy atom. The highest BCUT2D eigenvalue weighted by atomic mass is 19.1. The Morgan fingerprint density at radius 1 is 1.00 bits per heavy atom. The maximum Gasteiger partial charge on any atom is 0.407 e. The minimum atomic E-state index is -0.884. The Kier molecular flexibility index (Phi) is 6.77. The molecule has 0 spiro atoms.